The van der Waals surface area contributed by atoms with Crippen LogP contribution in [-0.4, -0.2) is 24.0 Å². The van der Waals surface area contributed by atoms with E-state index in [-0.39, 0.29) is 12.5 Å². The van der Waals surface area contributed by atoms with Gasteiger partial charge < -0.3 is 16.4 Å². The van der Waals surface area contributed by atoms with E-state index in [1.807, 2.05) is 6.92 Å². The molecule has 0 aromatic carbocycles. The number of halogens is 1. The lowest BCUT2D eigenvalue weighted by Crippen LogP contribution is -2.34. The van der Waals surface area contributed by atoms with Gasteiger partial charge in [0.25, 0.3) is 0 Å². The number of rotatable bonds is 4. The molecule has 15 heavy (non-hydrogen) atoms. The Morgan fingerprint density at radius 3 is 2.80 bits per heavy atom. The molecule has 0 aliphatic heterocycles. The van der Waals surface area contributed by atoms with Crippen LogP contribution < -0.4 is 16.4 Å². The van der Waals surface area contributed by atoms with Gasteiger partial charge in [0.1, 0.15) is 5.82 Å². The molecule has 0 atom stereocenters. The quantitative estimate of drug-likeness (QED) is 0.847. The van der Waals surface area contributed by atoms with Gasteiger partial charge in [0.2, 0.25) is 5.91 Å². The fraction of sp³-hybridized carbons (Fsp3) is 0.333. The van der Waals surface area contributed by atoms with Crippen molar-refractivity contribution in [2.24, 2.45) is 5.73 Å². The molecular weight excluding hydrogens is 260 g/mol. The van der Waals surface area contributed by atoms with Crippen LogP contribution in [0, 0.1) is 0 Å². The minimum Gasteiger partial charge on any atom is -0.397 e. The first-order valence-corrected chi connectivity index (χ1v) is 5.28. The van der Waals surface area contributed by atoms with Crippen LogP contribution in [0.25, 0.3) is 0 Å². The number of primary amides is 1. The van der Waals surface area contributed by atoms with Gasteiger partial charge >= 0.3 is 0 Å². The number of aromatic nitrogens is 1. The van der Waals surface area contributed by atoms with E-state index in [4.69, 9.17) is 11.5 Å². The van der Waals surface area contributed by atoms with Crippen molar-refractivity contribution in [2.45, 2.75) is 6.92 Å². The molecule has 1 aromatic rings. The van der Waals surface area contributed by atoms with Crippen molar-refractivity contribution in [3.8, 4) is 0 Å². The second kappa shape index (κ2) is 4.97. The SMILES string of the molecule is CCN(CC(N)=O)c1ncc(N)cc1Br. The van der Waals surface area contributed by atoms with E-state index in [2.05, 4.69) is 20.9 Å². The Morgan fingerprint density at radius 2 is 2.33 bits per heavy atom. The Balaban J connectivity index is 2.96. The molecule has 0 unspecified atom stereocenters. The van der Waals surface area contributed by atoms with E-state index in [1.165, 1.54) is 0 Å². The zero-order chi connectivity index (χ0) is 11.4. The lowest BCUT2D eigenvalue weighted by Gasteiger charge is -2.21. The summed E-state index contributed by atoms with van der Waals surface area (Å²) in [5.74, 6) is 0.285. The first kappa shape index (κ1) is 11.8. The Hall–Kier alpha value is -1.30. The minimum absolute atomic E-state index is 0.145. The van der Waals surface area contributed by atoms with E-state index in [0.717, 1.165) is 4.47 Å². The zero-order valence-electron chi connectivity index (χ0n) is 8.40. The summed E-state index contributed by atoms with van der Waals surface area (Å²) in [5.41, 5.74) is 11.3. The van der Waals surface area contributed by atoms with E-state index in [0.29, 0.717) is 18.1 Å². The normalized spacial score (nSPS) is 10.0. The van der Waals surface area contributed by atoms with Crippen molar-refractivity contribution in [2.75, 3.05) is 23.7 Å². The van der Waals surface area contributed by atoms with Crippen LogP contribution in [0.15, 0.2) is 16.7 Å². The number of pyridine rings is 1. The number of carbonyl (C=O) groups is 1. The predicted molar refractivity (Wildman–Crippen MR) is 63.4 cm³/mol. The molecule has 82 valence electrons. The van der Waals surface area contributed by atoms with Crippen LogP contribution in [0.3, 0.4) is 0 Å². The van der Waals surface area contributed by atoms with E-state index in [9.17, 15) is 4.79 Å². The van der Waals surface area contributed by atoms with Crippen LogP contribution in [-0.2, 0) is 4.79 Å². The van der Waals surface area contributed by atoms with Gasteiger partial charge in [-0.2, -0.15) is 0 Å². The molecule has 0 fully saturated rings. The van der Waals surface area contributed by atoms with Crippen molar-refractivity contribution >= 4 is 33.3 Å². The van der Waals surface area contributed by atoms with Gasteiger partial charge in [0, 0.05) is 6.54 Å². The number of carbonyl (C=O) groups excluding carboxylic acids is 1. The number of nitrogen functional groups attached to an aromatic ring is 1. The van der Waals surface area contributed by atoms with Crippen molar-refractivity contribution in [3.63, 3.8) is 0 Å². The maximum atomic E-state index is 10.8. The molecule has 1 aromatic heterocycles. The van der Waals surface area contributed by atoms with Gasteiger partial charge in [-0.05, 0) is 28.9 Å². The Kier molecular flexibility index (Phi) is 3.90. The zero-order valence-corrected chi connectivity index (χ0v) is 9.99. The second-order valence-electron chi connectivity index (χ2n) is 3.05. The van der Waals surface area contributed by atoms with E-state index in [1.54, 1.807) is 17.2 Å². The number of anilines is 2. The second-order valence-corrected chi connectivity index (χ2v) is 3.91. The maximum Gasteiger partial charge on any atom is 0.236 e. The summed E-state index contributed by atoms with van der Waals surface area (Å²) in [7, 11) is 0. The summed E-state index contributed by atoms with van der Waals surface area (Å²) in [4.78, 5) is 16.8. The average molecular weight is 273 g/mol. The van der Waals surface area contributed by atoms with Gasteiger partial charge in [0.15, 0.2) is 0 Å². The number of hydrogen-bond acceptors (Lipinski definition) is 4. The van der Waals surface area contributed by atoms with E-state index >= 15 is 0 Å². The van der Waals surface area contributed by atoms with Gasteiger partial charge in [-0.25, -0.2) is 4.98 Å². The average Bonchev–Trinajstić information content (AvgIpc) is 2.14. The minimum atomic E-state index is -0.387. The predicted octanol–water partition coefficient (Wildman–Crippen LogP) is 0.738. The van der Waals surface area contributed by atoms with Crippen molar-refractivity contribution in [1.82, 2.24) is 4.98 Å². The lowest BCUT2D eigenvalue weighted by molar-refractivity contribution is -0.116. The summed E-state index contributed by atoms with van der Waals surface area (Å²) in [6.07, 6.45) is 1.55. The Bertz CT molecular complexity index is 369. The first-order valence-electron chi connectivity index (χ1n) is 4.49. The molecule has 0 aliphatic rings. The summed E-state index contributed by atoms with van der Waals surface area (Å²) >= 11 is 3.34. The maximum absolute atomic E-state index is 10.8. The monoisotopic (exact) mass is 272 g/mol. The smallest absolute Gasteiger partial charge is 0.236 e. The molecule has 5 nitrogen and oxygen atoms in total. The van der Waals surface area contributed by atoms with E-state index < -0.39 is 0 Å². The van der Waals surface area contributed by atoms with Crippen molar-refractivity contribution in [1.29, 1.82) is 0 Å². The molecule has 1 rings (SSSR count). The van der Waals surface area contributed by atoms with Gasteiger partial charge in [-0.3, -0.25) is 4.79 Å². The lowest BCUT2D eigenvalue weighted by atomic mass is 10.3. The van der Waals surface area contributed by atoms with Crippen LogP contribution in [0.5, 0.6) is 0 Å². The highest BCUT2D eigenvalue weighted by Gasteiger charge is 2.12. The highest BCUT2D eigenvalue weighted by Crippen LogP contribution is 2.24. The van der Waals surface area contributed by atoms with Crippen LogP contribution in [0.4, 0.5) is 11.5 Å². The summed E-state index contributed by atoms with van der Waals surface area (Å²) < 4.78 is 0.755. The highest BCUT2D eigenvalue weighted by atomic mass is 79.9. The number of nitrogens with zero attached hydrogens (tertiary/aromatic N) is 2. The molecule has 0 bridgehead atoms. The Labute approximate surface area is 96.6 Å². The van der Waals surface area contributed by atoms with Gasteiger partial charge in [0.05, 0.1) is 22.9 Å². The third-order valence-corrected chi connectivity index (χ3v) is 2.45. The molecule has 0 radical (unpaired) electrons. The fourth-order valence-electron chi connectivity index (χ4n) is 1.20. The van der Waals surface area contributed by atoms with Crippen LogP contribution >= 0.6 is 15.9 Å². The number of amides is 1. The van der Waals surface area contributed by atoms with Crippen molar-refractivity contribution < 1.29 is 4.79 Å². The molecule has 0 spiro atoms. The van der Waals surface area contributed by atoms with Gasteiger partial charge in [-0.15, -0.1) is 0 Å². The molecule has 0 saturated carbocycles. The summed E-state index contributed by atoms with van der Waals surface area (Å²) in [6, 6.07) is 1.74. The molecule has 0 aliphatic carbocycles. The highest BCUT2D eigenvalue weighted by molar-refractivity contribution is 9.10. The fourth-order valence-corrected chi connectivity index (χ4v) is 1.82. The summed E-state index contributed by atoms with van der Waals surface area (Å²) in [5, 5.41) is 0. The summed E-state index contributed by atoms with van der Waals surface area (Å²) in [6.45, 7) is 2.72. The topological polar surface area (TPSA) is 85.2 Å². The largest absolute Gasteiger partial charge is 0.397 e. The van der Waals surface area contributed by atoms with Crippen LogP contribution in [0.2, 0.25) is 0 Å². The van der Waals surface area contributed by atoms with Crippen molar-refractivity contribution in [3.05, 3.63) is 16.7 Å². The molecule has 0 saturated heterocycles. The number of hydrogen-bond donors (Lipinski definition) is 2. The number of likely N-dealkylation sites (N-methyl/N-ethyl adjacent to an activating group) is 1. The molecular formula is C9H13BrN4O. The van der Waals surface area contributed by atoms with Crippen LogP contribution in [0.1, 0.15) is 6.92 Å². The standard InChI is InChI=1S/C9H13BrN4O/c1-2-14(5-8(12)15)9-7(10)3-6(11)4-13-9/h3-4H,2,5,11H2,1H3,(H2,12,15). The van der Waals surface area contributed by atoms with Gasteiger partial charge in [-0.1, -0.05) is 0 Å². The third kappa shape index (κ3) is 3.09. The third-order valence-electron chi connectivity index (χ3n) is 1.87. The molecule has 1 amide bonds. The molecule has 4 N–H and O–H groups in total. The molecule has 6 heteroatoms. The first-order chi connectivity index (χ1) is 7.04. The molecule has 1 heterocycles. The Morgan fingerprint density at radius 1 is 1.67 bits per heavy atom. The number of nitrogens with two attached hydrogens (primary N) is 2.